The Morgan fingerprint density at radius 3 is 2.74 bits per heavy atom. The number of benzene rings is 1. The predicted molar refractivity (Wildman–Crippen MR) is 69.6 cm³/mol. The van der Waals surface area contributed by atoms with Crippen molar-refractivity contribution in [3.63, 3.8) is 0 Å². The van der Waals surface area contributed by atoms with Crippen molar-refractivity contribution in [3.05, 3.63) is 64.4 Å². The zero-order valence-corrected chi connectivity index (χ0v) is 10.7. The van der Waals surface area contributed by atoms with Crippen LogP contribution in [0, 0.1) is 0 Å². The Kier molecular flexibility index (Phi) is 4.47. The summed E-state index contributed by atoms with van der Waals surface area (Å²) in [7, 11) is 0. The molecular formula is C14H11ClFNO2. The molecule has 0 saturated carbocycles. The molecule has 1 aromatic heterocycles. The molecule has 0 spiro atoms. The lowest BCUT2D eigenvalue weighted by Crippen LogP contribution is -2.09. The summed E-state index contributed by atoms with van der Waals surface area (Å²) in [5.41, 5.74) is 0.945. The molecular weight excluding hydrogens is 269 g/mol. The maximum absolute atomic E-state index is 12.7. The molecule has 0 bridgehead atoms. The Morgan fingerprint density at radius 2 is 2.05 bits per heavy atom. The number of ether oxygens (including phenoxy) is 1. The van der Waals surface area contributed by atoms with Gasteiger partial charge in [0.1, 0.15) is 13.3 Å². The smallest absolute Gasteiger partial charge is 0.340 e. The largest absolute Gasteiger partial charge is 0.457 e. The summed E-state index contributed by atoms with van der Waals surface area (Å²) >= 11 is 5.74. The van der Waals surface area contributed by atoms with Crippen molar-refractivity contribution < 1.29 is 13.9 Å². The molecule has 5 heteroatoms. The molecule has 3 nitrogen and oxygen atoms in total. The summed E-state index contributed by atoms with van der Waals surface area (Å²) in [5, 5.41) is 0.267. The first-order valence-electron chi connectivity index (χ1n) is 5.62. The first-order chi connectivity index (χ1) is 9.20. The Morgan fingerprint density at radius 1 is 1.32 bits per heavy atom. The Balaban J connectivity index is 2.10. The fourth-order valence-electron chi connectivity index (χ4n) is 1.55. The molecule has 0 atom stereocenters. The molecule has 0 aliphatic rings. The summed E-state index contributed by atoms with van der Waals surface area (Å²) in [6.45, 7) is -0.717. The fraction of sp³-hybridized carbons (Fsp3) is 0.143. The van der Waals surface area contributed by atoms with Gasteiger partial charge in [-0.1, -0.05) is 41.9 Å². The molecule has 0 aliphatic heterocycles. The highest BCUT2D eigenvalue weighted by Gasteiger charge is 2.15. The molecule has 0 saturated heterocycles. The standard InChI is InChI=1S/C14H11ClFNO2/c15-11-6-12(13(7-16)17-8-11)14(18)19-9-10-4-2-1-3-5-10/h1-6,8H,7,9H2. The number of esters is 1. The molecule has 98 valence electrons. The highest BCUT2D eigenvalue weighted by Crippen LogP contribution is 2.16. The van der Waals surface area contributed by atoms with E-state index in [0.29, 0.717) is 0 Å². The van der Waals surface area contributed by atoms with Crippen LogP contribution < -0.4 is 0 Å². The second kappa shape index (κ2) is 6.29. The maximum Gasteiger partial charge on any atom is 0.340 e. The molecule has 2 rings (SSSR count). The molecule has 0 aliphatic carbocycles. The van der Waals surface area contributed by atoms with E-state index in [9.17, 15) is 9.18 Å². The van der Waals surface area contributed by atoms with Crippen LogP contribution in [0.4, 0.5) is 4.39 Å². The van der Waals surface area contributed by atoms with Crippen LogP contribution in [0.2, 0.25) is 5.02 Å². The first-order valence-corrected chi connectivity index (χ1v) is 6.00. The summed E-state index contributed by atoms with van der Waals surface area (Å²) in [4.78, 5) is 15.6. The van der Waals surface area contributed by atoms with E-state index in [1.807, 2.05) is 30.3 Å². The number of carbonyl (C=O) groups is 1. The minimum Gasteiger partial charge on any atom is -0.457 e. The van der Waals surface area contributed by atoms with Gasteiger partial charge < -0.3 is 4.74 Å². The van der Waals surface area contributed by atoms with Crippen LogP contribution in [-0.4, -0.2) is 11.0 Å². The van der Waals surface area contributed by atoms with Gasteiger partial charge in [-0.05, 0) is 11.6 Å². The average molecular weight is 280 g/mol. The van der Waals surface area contributed by atoms with Crippen LogP contribution in [0.1, 0.15) is 21.6 Å². The number of nitrogens with zero attached hydrogens (tertiary/aromatic N) is 1. The molecule has 1 aromatic carbocycles. The Bertz CT molecular complexity index is 575. The summed E-state index contributed by atoms with van der Waals surface area (Å²) < 4.78 is 17.8. The first kappa shape index (κ1) is 13.5. The Labute approximate surface area is 115 Å². The van der Waals surface area contributed by atoms with Gasteiger partial charge in [0, 0.05) is 6.20 Å². The number of rotatable bonds is 4. The van der Waals surface area contributed by atoms with E-state index in [2.05, 4.69) is 4.98 Å². The quantitative estimate of drug-likeness (QED) is 0.803. The van der Waals surface area contributed by atoms with Gasteiger partial charge in [0.15, 0.2) is 0 Å². The van der Waals surface area contributed by atoms with Gasteiger partial charge >= 0.3 is 5.97 Å². The monoisotopic (exact) mass is 279 g/mol. The number of hydrogen-bond donors (Lipinski definition) is 0. The van der Waals surface area contributed by atoms with E-state index in [0.717, 1.165) is 5.56 Å². The van der Waals surface area contributed by atoms with Crippen molar-refractivity contribution in [1.29, 1.82) is 0 Å². The van der Waals surface area contributed by atoms with Gasteiger partial charge in [-0.15, -0.1) is 0 Å². The normalized spacial score (nSPS) is 10.2. The number of carbonyl (C=O) groups excluding carboxylic acids is 1. The molecule has 0 N–H and O–H groups in total. The van der Waals surface area contributed by atoms with Crippen molar-refractivity contribution in [2.24, 2.45) is 0 Å². The lowest BCUT2D eigenvalue weighted by atomic mass is 10.2. The lowest BCUT2D eigenvalue weighted by molar-refractivity contribution is 0.0470. The fourth-order valence-corrected chi connectivity index (χ4v) is 1.71. The molecule has 0 amide bonds. The molecule has 0 fully saturated rings. The number of aromatic nitrogens is 1. The van der Waals surface area contributed by atoms with Gasteiger partial charge in [-0.2, -0.15) is 0 Å². The molecule has 19 heavy (non-hydrogen) atoms. The van der Waals surface area contributed by atoms with E-state index in [1.54, 1.807) is 0 Å². The van der Waals surface area contributed by atoms with E-state index >= 15 is 0 Å². The van der Waals surface area contributed by atoms with Crippen molar-refractivity contribution in [2.45, 2.75) is 13.3 Å². The predicted octanol–water partition coefficient (Wildman–Crippen LogP) is 3.56. The zero-order chi connectivity index (χ0) is 13.7. The van der Waals surface area contributed by atoms with E-state index in [-0.39, 0.29) is 22.9 Å². The summed E-state index contributed by atoms with van der Waals surface area (Å²) in [5.74, 6) is -0.633. The van der Waals surface area contributed by atoms with Gasteiger partial charge in [0.2, 0.25) is 0 Å². The topological polar surface area (TPSA) is 39.2 Å². The van der Waals surface area contributed by atoms with Crippen LogP contribution in [0.5, 0.6) is 0 Å². The van der Waals surface area contributed by atoms with Crippen molar-refractivity contribution >= 4 is 17.6 Å². The highest BCUT2D eigenvalue weighted by atomic mass is 35.5. The SMILES string of the molecule is O=C(OCc1ccccc1)c1cc(Cl)cnc1CF. The molecule has 0 unspecified atom stereocenters. The van der Waals surface area contributed by atoms with Crippen LogP contribution in [-0.2, 0) is 18.0 Å². The molecule has 2 aromatic rings. The van der Waals surface area contributed by atoms with Crippen molar-refractivity contribution in [1.82, 2.24) is 4.98 Å². The van der Waals surface area contributed by atoms with Crippen LogP contribution >= 0.6 is 11.6 Å². The third kappa shape index (κ3) is 3.51. The summed E-state index contributed by atoms with van der Waals surface area (Å²) in [6.07, 6.45) is 1.30. The average Bonchev–Trinajstić information content (AvgIpc) is 2.46. The van der Waals surface area contributed by atoms with Gasteiger partial charge in [0.05, 0.1) is 16.3 Å². The van der Waals surface area contributed by atoms with Crippen LogP contribution in [0.25, 0.3) is 0 Å². The number of halogens is 2. The third-order valence-corrected chi connectivity index (χ3v) is 2.70. The molecule has 0 radical (unpaired) electrons. The van der Waals surface area contributed by atoms with Crippen molar-refractivity contribution in [2.75, 3.05) is 0 Å². The van der Waals surface area contributed by atoms with E-state index < -0.39 is 12.6 Å². The lowest BCUT2D eigenvalue weighted by Gasteiger charge is -2.07. The minimum absolute atomic E-state index is 0.0301. The minimum atomic E-state index is -0.840. The highest BCUT2D eigenvalue weighted by molar-refractivity contribution is 6.30. The number of alkyl halides is 1. The van der Waals surface area contributed by atoms with Crippen LogP contribution in [0.3, 0.4) is 0 Å². The zero-order valence-electron chi connectivity index (χ0n) is 9.98. The van der Waals surface area contributed by atoms with E-state index in [4.69, 9.17) is 16.3 Å². The Hall–Kier alpha value is -1.94. The van der Waals surface area contributed by atoms with E-state index in [1.165, 1.54) is 12.3 Å². The number of hydrogen-bond acceptors (Lipinski definition) is 3. The van der Waals surface area contributed by atoms with Crippen molar-refractivity contribution in [3.8, 4) is 0 Å². The van der Waals surface area contributed by atoms with Crippen LogP contribution in [0.15, 0.2) is 42.6 Å². The molecule has 1 heterocycles. The van der Waals surface area contributed by atoms with Gasteiger partial charge in [-0.25, -0.2) is 9.18 Å². The number of pyridine rings is 1. The summed E-state index contributed by atoms with van der Waals surface area (Å²) in [6, 6.07) is 10.6. The van der Waals surface area contributed by atoms with Gasteiger partial charge in [-0.3, -0.25) is 4.98 Å². The maximum atomic E-state index is 12.7. The second-order valence-corrected chi connectivity index (χ2v) is 4.28. The third-order valence-electron chi connectivity index (χ3n) is 2.50. The second-order valence-electron chi connectivity index (χ2n) is 3.84. The van der Waals surface area contributed by atoms with Gasteiger partial charge in [0.25, 0.3) is 0 Å².